The number of hydrogen-bond acceptors (Lipinski definition) is 2. The van der Waals surface area contributed by atoms with Crippen LogP contribution in [-0.4, -0.2) is 12.5 Å². The first kappa shape index (κ1) is 19.0. The number of amides is 1. The lowest BCUT2D eigenvalue weighted by atomic mass is 9.87. The van der Waals surface area contributed by atoms with E-state index in [0.717, 1.165) is 5.56 Å². The van der Waals surface area contributed by atoms with E-state index in [2.05, 4.69) is 58.1 Å². The Hall–Kier alpha value is -2.29. The molecule has 25 heavy (non-hydrogen) atoms. The maximum absolute atomic E-state index is 12.2. The molecule has 0 radical (unpaired) electrons. The molecule has 1 amide bonds. The molecule has 2 aromatic rings. The Bertz CT molecular complexity index is 727. The Balaban J connectivity index is 1.90. The van der Waals surface area contributed by atoms with Gasteiger partial charge in [-0.25, -0.2) is 0 Å². The smallest absolute Gasteiger partial charge is 0.258 e. The third kappa shape index (κ3) is 5.35. The molecule has 0 saturated carbocycles. The van der Waals surface area contributed by atoms with Gasteiger partial charge in [0.25, 0.3) is 5.91 Å². The number of hydrogen-bond donors (Lipinski definition) is 1. The molecule has 0 fully saturated rings. The molecule has 0 aliphatic rings. The summed E-state index contributed by atoms with van der Waals surface area (Å²) in [6.45, 7) is 12.7. The summed E-state index contributed by atoms with van der Waals surface area (Å²) in [5, 5.41) is 3.00. The quantitative estimate of drug-likeness (QED) is 0.845. The van der Waals surface area contributed by atoms with Gasteiger partial charge in [0.15, 0.2) is 6.61 Å². The Morgan fingerprint density at radius 3 is 2.28 bits per heavy atom. The number of aryl methyl sites for hydroxylation is 2. The van der Waals surface area contributed by atoms with Crippen molar-refractivity contribution in [2.24, 2.45) is 0 Å². The normalized spacial score (nSPS) is 12.6. The predicted molar refractivity (Wildman–Crippen MR) is 103 cm³/mol. The largest absolute Gasteiger partial charge is 0.484 e. The Morgan fingerprint density at radius 2 is 1.72 bits per heavy atom. The average Bonchev–Trinajstić information content (AvgIpc) is 2.52. The van der Waals surface area contributed by atoms with Crippen LogP contribution in [-0.2, 0) is 10.2 Å². The number of rotatable bonds is 5. The van der Waals surface area contributed by atoms with Gasteiger partial charge in [-0.2, -0.15) is 0 Å². The third-order valence-corrected chi connectivity index (χ3v) is 4.36. The summed E-state index contributed by atoms with van der Waals surface area (Å²) in [6, 6.07) is 14.2. The molecule has 2 aromatic carbocycles. The summed E-state index contributed by atoms with van der Waals surface area (Å²) in [5.74, 6) is 0.592. The molecule has 2 rings (SSSR count). The van der Waals surface area contributed by atoms with Crippen molar-refractivity contribution >= 4 is 5.91 Å². The van der Waals surface area contributed by atoms with Gasteiger partial charge in [-0.05, 0) is 55.0 Å². The van der Waals surface area contributed by atoms with E-state index in [-0.39, 0.29) is 24.0 Å². The summed E-state index contributed by atoms with van der Waals surface area (Å²) in [4.78, 5) is 12.2. The SMILES string of the molecule is Cc1ccc([C@H](C)NC(=O)COc2ccc(C(C)(C)C)cc2)c(C)c1. The van der Waals surface area contributed by atoms with Gasteiger partial charge in [-0.15, -0.1) is 0 Å². The summed E-state index contributed by atoms with van der Waals surface area (Å²) < 4.78 is 5.61. The number of nitrogens with one attached hydrogen (secondary N) is 1. The maximum Gasteiger partial charge on any atom is 0.258 e. The minimum atomic E-state index is -0.118. The minimum Gasteiger partial charge on any atom is -0.484 e. The maximum atomic E-state index is 12.2. The lowest BCUT2D eigenvalue weighted by Gasteiger charge is -2.19. The van der Waals surface area contributed by atoms with Crippen LogP contribution in [0.2, 0.25) is 0 Å². The monoisotopic (exact) mass is 339 g/mol. The molecular formula is C22H29NO2. The topological polar surface area (TPSA) is 38.3 Å². The molecule has 1 N–H and O–H groups in total. The van der Waals surface area contributed by atoms with Crippen LogP contribution in [0.25, 0.3) is 0 Å². The van der Waals surface area contributed by atoms with Gasteiger partial charge >= 0.3 is 0 Å². The number of benzene rings is 2. The molecule has 3 heteroatoms. The predicted octanol–water partition coefficient (Wildman–Crippen LogP) is 4.86. The van der Waals surface area contributed by atoms with Crippen LogP contribution in [0.4, 0.5) is 0 Å². The molecular weight excluding hydrogens is 310 g/mol. The molecule has 134 valence electrons. The lowest BCUT2D eigenvalue weighted by Crippen LogP contribution is -2.31. The molecule has 3 nitrogen and oxygen atoms in total. The van der Waals surface area contributed by atoms with Gasteiger partial charge in [0, 0.05) is 0 Å². The zero-order valence-corrected chi connectivity index (χ0v) is 16.1. The minimum absolute atomic E-state index is 0.0180. The molecule has 1 atom stereocenters. The van der Waals surface area contributed by atoms with E-state index in [0.29, 0.717) is 5.75 Å². The fourth-order valence-electron chi connectivity index (χ4n) is 2.87. The first-order chi connectivity index (χ1) is 11.7. The van der Waals surface area contributed by atoms with Crippen LogP contribution in [0.3, 0.4) is 0 Å². The van der Waals surface area contributed by atoms with Crippen molar-refractivity contribution in [1.82, 2.24) is 5.32 Å². The molecule has 0 unspecified atom stereocenters. The Labute approximate surface area is 151 Å². The van der Waals surface area contributed by atoms with Gasteiger partial charge in [0.2, 0.25) is 0 Å². The first-order valence-electron chi connectivity index (χ1n) is 8.76. The van der Waals surface area contributed by atoms with E-state index in [1.807, 2.05) is 31.2 Å². The van der Waals surface area contributed by atoms with Gasteiger partial charge in [-0.3, -0.25) is 4.79 Å². The highest BCUT2D eigenvalue weighted by Gasteiger charge is 2.14. The van der Waals surface area contributed by atoms with Crippen molar-refractivity contribution in [3.05, 3.63) is 64.7 Å². The molecule has 0 heterocycles. The second kappa shape index (κ2) is 7.73. The van der Waals surface area contributed by atoms with Gasteiger partial charge in [0.05, 0.1) is 6.04 Å². The summed E-state index contributed by atoms with van der Waals surface area (Å²) in [7, 11) is 0. The lowest BCUT2D eigenvalue weighted by molar-refractivity contribution is -0.123. The highest BCUT2D eigenvalue weighted by atomic mass is 16.5. The molecule has 0 aliphatic carbocycles. The van der Waals surface area contributed by atoms with Crippen molar-refractivity contribution in [2.45, 2.75) is 53.0 Å². The zero-order chi connectivity index (χ0) is 18.6. The van der Waals surface area contributed by atoms with Crippen molar-refractivity contribution in [1.29, 1.82) is 0 Å². The van der Waals surface area contributed by atoms with Crippen molar-refractivity contribution in [3.63, 3.8) is 0 Å². The first-order valence-corrected chi connectivity index (χ1v) is 8.76. The van der Waals surface area contributed by atoms with E-state index in [9.17, 15) is 4.79 Å². The molecule has 0 aliphatic heterocycles. The van der Waals surface area contributed by atoms with Gasteiger partial charge in [-0.1, -0.05) is 56.7 Å². The molecule has 0 bridgehead atoms. The van der Waals surface area contributed by atoms with Crippen LogP contribution in [0.5, 0.6) is 5.75 Å². The second-order valence-electron chi connectivity index (χ2n) is 7.71. The fourth-order valence-corrected chi connectivity index (χ4v) is 2.87. The number of carbonyl (C=O) groups is 1. The second-order valence-corrected chi connectivity index (χ2v) is 7.71. The third-order valence-electron chi connectivity index (χ3n) is 4.36. The highest BCUT2D eigenvalue weighted by Crippen LogP contribution is 2.24. The summed E-state index contributed by atoms with van der Waals surface area (Å²) >= 11 is 0. The van der Waals surface area contributed by atoms with E-state index < -0.39 is 0 Å². The van der Waals surface area contributed by atoms with E-state index in [4.69, 9.17) is 4.74 Å². The van der Waals surface area contributed by atoms with Crippen molar-refractivity contribution in [2.75, 3.05) is 6.61 Å². The molecule has 0 spiro atoms. The Kier molecular flexibility index (Phi) is 5.89. The molecule has 0 saturated heterocycles. The van der Waals surface area contributed by atoms with Crippen molar-refractivity contribution in [3.8, 4) is 5.75 Å². The standard InChI is InChI=1S/C22H29NO2/c1-15-7-12-20(16(2)13-15)17(3)23-21(24)14-25-19-10-8-18(9-11-19)22(4,5)6/h7-13,17H,14H2,1-6H3,(H,23,24)/t17-/m0/s1. The van der Waals surface area contributed by atoms with Crippen LogP contribution in [0.15, 0.2) is 42.5 Å². The fraction of sp³-hybridized carbons (Fsp3) is 0.409. The van der Waals surface area contributed by atoms with E-state index >= 15 is 0 Å². The highest BCUT2D eigenvalue weighted by molar-refractivity contribution is 5.78. The Morgan fingerprint density at radius 1 is 1.08 bits per heavy atom. The van der Waals surface area contributed by atoms with Gasteiger partial charge in [0.1, 0.15) is 5.75 Å². The van der Waals surface area contributed by atoms with Crippen LogP contribution in [0, 0.1) is 13.8 Å². The van der Waals surface area contributed by atoms with Crippen LogP contribution >= 0.6 is 0 Å². The van der Waals surface area contributed by atoms with E-state index in [1.54, 1.807) is 0 Å². The average molecular weight is 339 g/mol. The number of ether oxygens (including phenoxy) is 1. The van der Waals surface area contributed by atoms with Crippen LogP contribution in [0.1, 0.15) is 56.0 Å². The van der Waals surface area contributed by atoms with Crippen molar-refractivity contribution < 1.29 is 9.53 Å². The zero-order valence-electron chi connectivity index (χ0n) is 16.1. The summed E-state index contributed by atoms with van der Waals surface area (Å²) in [6.07, 6.45) is 0. The van der Waals surface area contributed by atoms with Crippen LogP contribution < -0.4 is 10.1 Å². The number of carbonyl (C=O) groups excluding carboxylic acids is 1. The summed E-state index contributed by atoms with van der Waals surface area (Å²) in [5.41, 5.74) is 4.89. The van der Waals surface area contributed by atoms with E-state index in [1.165, 1.54) is 16.7 Å². The van der Waals surface area contributed by atoms with Gasteiger partial charge < -0.3 is 10.1 Å². The molecule has 0 aromatic heterocycles.